The highest BCUT2D eigenvalue weighted by Gasteiger charge is 2.41. The first-order valence-electron chi connectivity index (χ1n) is 15.5. The number of hydrogen-bond acceptors (Lipinski definition) is 7. The van der Waals surface area contributed by atoms with Crippen LogP contribution < -0.4 is 21.3 Å². The number of nitrogens with one attached hydrogen (secondary N) is 4. The number of Topliss-reactive ketones (excluding diaryl/α,β-unsaturated/α-hetero) is 1. The van der Waals surface area contributed by atoms with Crippen LogP contribution in [-0.2, 0) is 35.3 Å². The summed E-state index contributed by atoms with van der Waals surface area (Å²) in [4.78, 5) is 79.1. The van der Waals surface area contributed by atoms with E-state index in [1.165, 1.54) is 4.90 Å². The average molecular weight is 614 g/mol. The molecule has 1 heterocycles. The Bertz CT molecular complexity index is 1200. The molecule has 1 aliphatic heterocycles. The van der Waals surface area contributed by atoms with E-state index in [1.807, 2.05) is 37.3 Å². The van der Waals surface area contributed by atoms with Gasteiger partial charge >= 0.3 is 6.09 Å². The molecule has 3 atom stereocenters. The third-order valence-electron chi connectivity index (χ3n) is 8.13. The zero-order valence-electron chi connectivity index (χ0n) is 26.4. The summed E-state index contributed by atoms with van der Waals surface area (Å²) in [5.74, 6) is -3.24. The summed E-state index contributed by atoms with van der Waals surface area (Å²) in [6.45, 7) is 9.25. The first-order valence-corrected chi connectivity index (χ1v) is 15.5. The topological polar surface area (TPSA) is 163 Å². The van der Waals surface area contributed by atoms with Crippen molar-refractivity contribution in [2.45, 2.75) is 103 Å². The molecule has 1 saturated carbocycles. The lowest BCUT2D eigenvalue weighted by molar-refractivity contribution is -0.143. The third-order valence-corrected chi connectivity index (χ3v) is 8.13. The average Bonchev–Trinajstić information content (AvgIpc) is 3.67. The highest BCUT2D eigenvalue weighted by Crippen LogP contribution is 2.34. The Hall–Kier alpha value is -3.96. The summed E-state index contributed by atoms with van der Waals surface area (Å²) in [6, 6.07) is 6.43. The van der Waals surface area contributed by atoms with Gasteiger partial charge < -0.3 is 30.9 Å². The minimum Gasteiger partial charge on any atom is -0.444 e. The molecule has 3 rings (SSSR count). The van der Waals surface area contributed by atoms with Gasteiger partial charge in [-0.3, -0.25) is 24.0 Å². The molecule has 1 aromatic carbocycles. The lowest BCUT2D eigenvalue weighted by atomic mass is 10.0. The van der Waals surface area contributed by atoms with E-state index in [1.54, 1.807) is 27.7 Å². The predicted molar refractivity (Wildman–Crippen MR) is 163 cm³/mol. The van der Waals surface area contributed by atoms with Crippen molar-refractivity contribution in [3.63, 3.8) is 0 Å². The summed E-state index contributed by atoms with van der Waals surface area (Å²) in [5, 5.41) is 10.4. The van der Waals surface area contributed by atoms with Crippen LogP contribution in [0.5, 0.6) is 0 Å². The van der Waals surface area contributed by atoms with Crippen LogP contribution in [0.25, 0.3) is 0 Å². The predicted octanol–water partition coefficient (Wildman–Crippen LogP) is 2.20. The van der Waals surface area contributed by atoms with Crippen LogP contribution in [0.3, 0.4) is 0 Å². The van der Waals surface area contributed by atoms with E-state index >= 15 is 0 Å². The zero-order chi connectivity index (χ0) is 32.4. The highest BCUT2D eigenvalue weighted by atomic mass is 16.6. The molecular formula is C32H47N5O7. The summed E-state index contributed by atoms with van der Waals surface area (Å²) < 4.78 is 5.47. The van der Waals surface area contributed by atoms with Gasteiger partial charge in [0, 0.05) is 13.1 Å². The molecular weight excluding hydrogens is 566 g/mol. The van der Waals surface area contributed by atoms with E-state index in [0.29, 0.717) is 32.2 Å². The van der Waals surface area contributed by atoms with Gasteiger partial charge in [-0.25, -0.2) is 4.79 Å². The quantitative estimate of drug-likeness (QED) is 0.220. The van der Waals surface area contributed by atoms with E-state index in [-0.39, 0.29) is 24.9 Å². The monoisotopic (exact) mass is 613 g/mol. The van der Waals surface area contributed by atoms with Crippen molar-refractivity contribution in [3.8, 4) is 0 Å². The normalized spacial score (nSPS) is 17.8. The molecule has 0 radical (unpaired) electrons. The standard InChI is InChI=1S/C32H47N5O7/c1-6-32(4,5)44-31(43)36-26(20(2)3)30(42)37-16-10-13-24(37)28(40)35-23(17-21-14-15-21)27(39)29(41)34-19-25(38)33-18-22-11-8-7-9-12-22/h7-9,11-12,20-21,23-24,26H,6,10,13-19H2,1-5H3,(H,33,38)(H,34,41)(H,35,40)(H,36,43). The van der Waals surface area contributed by atoms with Crippen LogP contribution >= 0.6 is 0 Å². The summed E-state index contributed by atoms with van der Waals surface area (Å²) >= 11 is 0. The molecule has 242 valence electrons. The smallest absolute Gasteiger partial charge is 0.408 e. The minimum absolute atomic E-state index is 0.209. The summed E-state index contributed by atoms with van der Waals surface area (Å²) in [6.07, 6.45) is 2.92. The Kier molecular flexibility index (Phi) is 12.3. The van der Waals surface area contributed by atoms with Crippen molar-refractivity contribution in [2.24, 2.45) is 11.8 Å². The number of benzene rings is 1. The van der Waals surface area contributed by atoms with Crippen LogP contribution in [0.15, 0.2) is 30.3 Å². The lowest BCUT2D eigenvalue weighted by Gasteiger charge is -2.32. The second-order valence-corrected chi connectivity index (χ2v) is 12.6. The number of likely N-dealkylation sites (tertiary alicyclic amines) is 1. The van der Waals surface area contributed by atoms with Gasteiger partial charge in [0.2, 0.25) is 23.5 Å². The SMILES string of the molecule is CCC(C)(C)OC(=O)NC(C(=O)N1CCCC1C(=O)NC(CC1CC1)C(=O)C(=O)NCC(=O)NCc1ccccc1)C(C)C. The Morgan fingerprint density at radius 2 is 1.66 bits per heavy atom. The number of alkyl carbamates (subject to hydrolysis) is 1. The molecule has 1 aromatic rings. The van der Waals surface area contributed by atoms with Gasteiger partial charge in [-0.15, -0.1) is 0 Å². The van der Waals surface area contributed by atoms with Gasteiger partial charge in [-0.1, -0.05) is 63.9 Å². The number of carbonyl (C=O) groups is 6. The number of ketones is 1. The van der Waals surface area contributed by atoms with E-state index in [0.717, 1.165) is 18.4 Å². The molecule has 4 N–H and O–H groups in total. The fraction of sp³-hybridized carbons (Fsp3) is 0.625. The van der Waals surface area contributed by atoms with Crippen molar-refractivity contribution in [3.05, 3.63) is 35.9 Å². The Balaban J connectivity index is 1.59. The molecule has 12 heteroatoms. The van der Waals surface area contributed by atoms with Crippen molar-refractivity contribution in [1.29, 1.82) is 0 Å². The number of rotatable bonds is 15. The number of nitrogens with zero attached hydrogens (tertiary/aromatic N) is 1. The van der Waals surface area contributed by atoms with Gasteiger partial charge in [0.25, 0.3) is 5.91 Å². The van der Waals surface area contributed by atoms with Gasteiger partial charge in [-0.2, -0.15) is 0 Å². The van der Waals surface area contributed by atoms with E-state index in [2.05, 4.69) is 21.3 Å². The third kappa shape index (κ3) is 10.3. The first-order chi connectivity index (χ1) is 20.8. The zero-order valence-corrected chi connectivity index (χ0v) is 26.4. The molecule has 2 aliphatic rings. The van der Waals surface area contributed by atoms with Crippen LogP contribution in [0.4, 0.5) is 4.79 Å². The Morgan fingerprint density at radius 1 is 0.977 bits per heavy atom. The summed E-state index contributed by atoms with van der Waals surface area (Å²) in [5.41, 5.74) is 0.192. The molecule has 0 spiro atoms. The molecule has 2 fully saturated rings. The van der Waals surface area contributed by atoms with Crippen molar-refractivity contribution in [2.75, 3.05) is 13.1 Å². The molecule has 44 heavy (non-hydrogen) atoms. The van der Waals surface area contributed by atoms with Crippen molar-refractivity contribution >= 4 is 35.5 Å². The largest absolute Gasteiger partial charge is 0.444 e. The maximum absolute atomic E-state index is 13.6. The second-order valence-electron chi connectivity index (χ2n) is 12.6. The molecule has 1 aliphatic carbocycles. The lowest BCUT2D eigenvalue weighted by Crippen LogP contribution is -2.57. The maximum atomic E-state index is 13.6. The summed E-state index contributed by atoms with van der Waals surface area (Å²) in [7, 11) is 0. The van der Waals surface area contributed by atoms with Crippen LogP contribution in [0, 0.1) is 11.8 Å². The first kappa shape index (κ1) is 34.5. The van der Waals surface area contributed by atoms with Crippen LogP contribution in [0.2, 0.25) is 0 Å². The number of carbonyl (C=O) groups excluding carboxylic acids is 6. The Morgan fingerprint density at radius 3 is 2.27 bits per heavy atom. The van der Waals surface area contributed by atoms with Gasteiger partial charge in [0.15, 0.2) is 0 Å². The Labute approximate surface area is 259 Å². The van der Waals surface area contributed by atoms with Gasteiger partial charge in [0.1, 0.15) is 17.7 Å². The molecule has 0 aromatic heterocycles. The number of hydrogen-bond donors (Lipinski definition) is 4. The van der Waals surface area contributed by atoms with Crippen molar-refractivity contribution < 1.29 is 33.5 Å². The molecule has 0 bridgehead atoms. The fourth-order valence-corrected chi connectivity index (χ4v) is 4.93. The van der Waals surface area contributed by atoms with E-state index in [9.17, 15) is 28.8 Å². The molecule has 12 nitrogen and oxygen atoms in total. The highest BCUT2D eigenvalue weighted by molar-refractivity contribution is 6.38. The van der Waals surface area contributed by atoms with Crippen LogP contribution in [0.1, 0.15) is 78.7 Å². The second kappa shape index (κ2) is 15.7. The molecule has 5 amide bonds. The van der Waals surface area contributed by atoms with Crippen LogP contribution in [-0.4, -0.2) is 77.2 Å². The van der Waals surface area contributed by atoms with Crippen molar-refractivity contribution in [1.82, 2.24) is 26.2 Å². The molecule has 3 unspecified atom stereocenters. The van der Waals surface area contributed by atoms with E-state index in [4.69, 9.17) is 4.74 Å². The maximum Gasteiger partial charge on any atom is 0.408 e. The fourth-order valence-electron chi connectivity index (χ4n) is 4.93. The van der Waals surface area contributed by atoms with E-state index < -0.39 is 59.2 Å². The minimum atomic E-state index is -1.08. The molecule has 1 saturated heterocycles. The van der Waals surface area contributed by atoms with Gasteiger partial charge in [-0.05, 0) is 56.9 Å². The number of ether oxygens (including phenoxy) is 1. The van der Waals surface area contributed by atoms with Gasteiger partial charge in [0.05, 0.1) is 12.6 Å². The number of amides is 5.